The minimum atomic E-state index is -0.188. The highest BCUT2D eigenvalue weighted by Gasteiger charge is 2.20. The van der Waals surface area contributed by atoms with Gasteiger partial charge in [-0.2, -0.15) is 0 Å². The normalized spacial score (nSPS) is 11.2. The van der Waals surface area contributed by atoms with Crippen LogP contribution in [0.5, 0.6) is 0 Å². The van der Waals surface area contributed by atoms with E-state index in [2.05, 4.69) is 21.5 Å². The fourth-order valence-corrected chi connectivity index (χ4v) is 3.57. The number of carbonyl (C=O) groups is 1. The van der Waals surface area contributed by atoms with E-state index >= 15 is 0 Å². The number of nitrogens with one attached hydrogen (secondary N) is 1. The molecule has 2 heterocycles. The van der Waals surface area contributed by atoms with E-state index in [-0.39, 0.29) is 18.0 Å². The van der Waals surface area contributed by atoms with E-state index < -0.39 is 0 Å². The van der Waals surface area contributed by atoms with Crippen molar-refractivity contribution in [3.63, 3.8) is 0 Å². The molecule has 0 saturated carbocycles. The molecule has 6 heteroatoms. The maximum Gasteiger partial charge on any atom is 0.258 e. The minimum absolute atomic E-state index is 0.0679. The highest BCUT2D eigenvalue weighted by molar-refractivity contribution is 6.07. The third-order valence-corrected chi connectivity index (χ3v) is 5.03. The van der Waals surface area contributed by atoms with Crippen LogP contribution in [0.4, 0.5) is 0 Å². The van der Waals surface area contributed by atoms with Crippen LogP contribution in [0.1, 0.15) is 30.0 Å². The second-order valence-electron chi connectivity index (χ2n) is 6.70. The standard InChI is InChI=1S/C22H22N4O2/c1-3-25-13-17(15-9-6-8-12-19(15)25)22(28)26(4-2)14-20-23-18-11-7-5-10-16(18)21(27)24-20/h5-13H,3-4,14H2,1-2H3,(H,23,24,27). The summed E-state index contributed by atoms with van der Waals surface area (Å²) in [6, 6.07) is 15.1. The lowest BCUT2D eigenvalue weighted by atomic mass is 10.1. The predicted octanol–water partition coefficient (Wildman–Crippen LogP) is 3.56. The van der Waals surface area contributed by atoms with Crippen molar-refractivity contribution in [2.24, 2.45) is 0 Å². The number of nitrogens with zero attached hydrogens (tertiary/aromatic N) is 3. The smallest absolute Gasteiger partial charge is 0.258 e. The van der Waals surface area contributed by atoms with Gasteiger partial charge in [0, 0.05) is 30.2 Å². The number of hydrogen-bond acceptors (Lipinski definition) is 3. The molecule has 0 aliphatic carbocycles. The van der Waals surface area contributed by atoms with Gasteiger partial charge in [-0.1, -0.05) is 30.3 Å². The van der Waals surface area contributed by atoms with Crippen molar-refractivity contribution in [2.45, 2.75) is 26.9 Å². The van der Waals surface area contributed by atoms with E-state index in [1.165, 1.54) is 0 Å². The molecular weight excluding hydrogens is 352 g/mol. The van der Waals surface area contributed by atoms with Gasteiger partial charge < -0.3 is 14.5 Å². The van der Waals surface area contributed by atoms with Crippen LogP contribution in [0.2, 0.25) is 0 Å². The first-order chi connectivity index (χ1) is 13.6. The molecule has 2 aromatic carbocycles. The molecule has 28 heavy (non-hydrogen) atoms. The van der Waals surface area contributed by atoms with Crippen LogP contribution in [0.15, 0.2) is 59.5 Å². The van der Waals surface area contributed by atoms with Gasteiger partial charge in [0.25, 0.3) is 11.5 Å². The van der Waals surface area contributed by atoms with Gasteiger partial charge in [-0.3, -0.25) is 9.59 Å². The van der Waals surface area contributed by atoms with E-state index in [4.69, 9.17) is 0 Å². The van der Waals surface area contributed by atoms with E-state index in [1.54, 1.807) is 17.0 Å². The maximum absolute atomic E-state index is 13.3. The molecule has 1 N–H and O–H groups in total. The summed E-state index contributed by atoms with van der Waals surface area (Å²) in [5.74, 6) is 0.417. The maximum atomic E-state index is 13.3. The number of aromatic nitrogens is 3. The Balaban J connectivity index is 1.70. The number of amides is 1. The van der Waals surface area contributed by atoms with Crippen molar-refractivity contribution < 1.29 is 4.79 Å². The van der Waals surface area contributed by atoms with Crippen LogP contribution in [-0.4, -0.2) is 31.9 Å². The molecule has 0 spiro atoms. The second-order valence-corrected chi connectivity index (χ2v) is 6.70. The fourth-order valence-electron chi connectivity index (χ4n) is 3.57. The van der Waals surface area contributed by atoms with Gasteiger partial charge in [-0.05, 0) is 32.0 Å². The number of para-hydroxylation sites is 2. The molecule has 0 aliphatic heterocycles. The van der Waals surface area contributed by atoms with Crippen LogP contribution in [-0.2, 0) is 13.1 Å². The molecule has 0 atom stereocenters. The molecule has 0 saturated heterocycles. The van der Waals surface area contributed by atoms with Crippen LogP contribution in [0, 0.1) is 0 Å². The van der Waals surface area contributed by atoms with E-state index in [9.17, 15) is 9.59 Å². The highest BCUT2D eigenvalue weighted by Crippen LogP contribution is 2.23. The van der Waals surface area contributed by atoms with Crippen LogP contribution in [0.3, 0.4) is 0 Å². The van der Waals surface area contributed by atoms with E-state index in [0.717, 1.165) is 17.4 Å². The number of benzene rings is 2. The Labute approximate surface area is 162 Å². The van der Waals surface area contributed by atoms with Crippen LogP contribution in [0.25, 0.3) is 21.8 Å². The van der Waals surface area contributed by atoms with Crippen molar-refractivity contribution in [1.29, 1.82) is 0 Å². The molecule has 1 amide bonds. The number of hydrogen-bond donors (Lipinski definition) is 1. The third-order valence-electron chi connectivity index (χ3n) is 5.03. The summed E-state index contributed by atoms with van der Waals surface area (Å²) in [5, 5.41) is 1.49. The molecule has 4 aromatic rings. The second kappa shape index (κ2) is 7.31. The number of rotatable bonds is 5. The van der Waals surface area contributed by atoms with Gasteiger partial charge in [0.2, 0.25) is 0 Å². The van der Waals surface area contributed by atoms with Gasteiger partial charge in [-0.15, -0.1) is 0 Å². The summed E-state index contributed by atoms with van der Waals surface area (Å²) in [6.45, 7) is 5.54. The van der Waals surface area contributed by atoms with Gasteiger partial charge in [0.05, 0.1) is 23.0 Å². The molecular formula is C22H22N4O2. The zero-order valence-corrected chi connectivity index (χ0v) is 16.0. The Hall–Kier alpha value is -3.41. The summed E-state index contributed by atoms with van der Waals surface area (Å²) < 4.78 is 2.08. The number of fused-ring (bicyclic) bond motifs is 2. The van der Waals surface area contributed by atoms with Gasteiger partial charge in [0.15, 0.2) is 0 Å². The number of carbonyl (C=O) groups excluding carboxylic acids is 1. The Morgan fingerprint density at radius 1 is 1.07 bits per heavy atom. The Bertz CT molecular complexity index is 1220. The SMILES string of the molecule is CCN(Cc1nc2ccccc2c(=O)[nH]1)C(=O)c1cn(CC)c2ccccc12. The zero-order valence-electron chi connectivity index (χ0n) is 16.0. The average Bonchev–Trinajstić information content (AvgIpc) is 3.10. The molecule has 0 aliphatic rings. The van der Waals surface area contributed by atoms with Crippen LogP contribution < -0.4 is 5.56 Å². The minimum Gasteiger partial charge on any atom is -0.347 e. The fraction of sp³-hybridized carbons (Fsp3) is 0.227. The van der Waals surface area contributed by atoms with Crippen molar-refractivity contribution in [2.75, 3.05) is 6.54 Å². The number of aromatic amines is 1. The van der Waals surface area contributed by atoms with Crippen LogP contribution >= 0.6 is 0 Å². The summed E-state index contributed by atoms with van der Waals surface area (Å²) in [5.41, 5.74) is 2.16. The largest absolute Gasteiger partial charge is 0.347 e. The third kappa shape index (κ3) is 3.07. The monoisotopic (exact) mass is 374 g/mol. The number of H-pyrrole nitrogens is 1. The lowest BCUT2D eigenvalue weighted by molar-refractivity contribution is 0.0750. The predicted molar refractivity (Wildman–Crippen MR) is 110 cm³/mol. The summed E-state index contributed by atoms with van der Waals surface area (Å²) in [7, 11) is 0. The van der Waals surface area contributed by atoms with E-state index in [1.807, 2.05) is 49.5 Å². The first-order valence-corrected chi connectivity index (χ1v) is 9.47. The lowest BCUT2D eigenvalue weighted by Crippen LogP contribution is -2.31. The van der Waals surface area contributed by atoms with Crippen molar-refractivity contribution in [1.82, 2.24) is 19.4 Å². The topological polar surface area (TPSA) is 71.0 Å². The summed E-state index contributed by atoms with van der Waals surface area (Å²) in [4.78, 5) is 34.6. The zero-order chi connectivity index (χ0) is 19.7. The molecule has 4 rings (SSSR count). The quantitative estimate of drug-likeness (QED) is 0.581. The first-order valence-electron chi connectivity index (χ1n) is 9.47. The Morgan fingerprint density at radius 2 is 1.79 bits per heavy atom. The highest BCUT2D eigenvalue weighted by atomic mass is 16.2. The van der Waals surface area contributed by atoms with Gasteiger partial charge in [0.1, 0.15) is 5.82 Å². The summed E-state index contributed by atoms with van der Waals surface area (Å²) in [6.07, 6.45) is 1.91. The lowest BCUT2D eigenvalue weighted by Gasteiger charge is -2.20. The van der Waals surface area contributed by atoms with E-state index in [0.29, 0.717) is 28.8 Å². The molecule has 0 bridgehead atoms. The average molecular weight is 374 g/mol. The molecule has 0 unspecified atom stereocenters. The van der Waals surface area contributed by atoms with Gasteiger partial charge in [-0.25, -0.2) is 4.98 Å². The molecule has 0 fully saturated rings. The van der Waals surface area contributed by atoms with Gasteiger partial charge >= 0.3 is 0 Å². The van der Waals surface area contributed by atoms with Crippen molar-refractivity contribution >= 4 is 27.7 Å². The molecule has 6 nitrogen and oxygen atoms in total. The molecule has 142 valence electrons. The van der Waals surface area contributed by atoms with Crippen molar-refractivity contribution in [3.8, 4) is 0 Å². The number of aryl methyl sites for hydroxylation is 1. The van der Waals surface area contributed by atoms with Crippen molar-refractivity contribution in [3.05, 3.63) is 76.5 Å². The molecule has 0 radical (unpaired) electrons. The Kier molecular flexibility index (Phi) is 4.69. The molecule has 2 aromatic heterocycles. The Morgan fingerprint density at radius 3 is 2.54 bits per heavy atom. The first kappa shape index (κ1) is 18.0. The summed E-state index contributed by atoms with van der Waals surface area (Å²) >= 11 is 0.